The molecule has 2 nitrogen and oxygen atoms in total. The molecule has 2 heteroatoms. The lowest BCUT2D eigenvalue weighted by Crippen LogP contribution is -2.18. The van der Waals surface area contributed by atoms with Crippen LogP contribution in [0.25, 0.3) is 0 Å². The summed E-state index contributed by atoms with van der Waals surface area (Å²) in [5.41, 5.74) is 8.41. The second kappa shape index (κ2) is 5.51. The maximum atomic E-state index is 6.07. The topological polar surface area (TPSA) is 35.2 Å². The van der Waals surface area contributed by atoms with Crippen molar-refractivity contribution in [1.29, 1.82) is 0 Å². The molecule has 0 aliphatic carbocycles. The standard InChI is InChI=1S/C15H17NO/c1-12-7-9-13(10-8-12)15(16)11-17-14-5-3-2-4-6-14/h2-10,15H,11,16H2,1H3/t15-/m1/s1. The quantitative estimate of drug-likeness (QED) is 0.871. The molecule has 0 aliphatic rings. The van der Waals surface area contributed by atoms with E-state index in [0.29, 0.717) is 6.61 Å². The predicted octanol–water partition coefficient (Wildman–Crippen LogP) is 3.07. The van der Waals surface area contributed by atoms with E-state index in [1.807, 2.05) is 42.5 Å². The van der Waals surface area contributed by atoms with E-state index >= 15 is 0 Å². The van der Waals surface area contributed by atoms with Gasteiger partial charge in [0.2, 0.25) is 0 Å². The highest BCUT2D eigenvalue weighted by Crippen LogP contribution is 2.14. The third kappa shape index (κ3) is 3.33. The summed E-state index contributed by atoms with van der Waals surface area (Å²) in [7, 11) is 0. The van der Waals surface area contributed by atoms with Gasteiger partial charge in [0.05, 0.1) is 6.04 Å². The zero-order valence-electron chi connectivity index (χ0n) is 9.97. The number of aryl methyl sites for hydroxylation is 1. The molecule has 0 unspecified atom stereocenters. The van der Waals surface area contributed by atoms with E-state index in [1.54, 1.807) is 0 Å². The molecule has 0 heterocycles. The summed E-state index contributed by atoms with van der Waals surface area (Å²) in [5.74, 6) is 0.857. The highest BCUT2D eigenvalue weighted by Gasteiger charge is 2.06. The lowest BCUT2D eigenvalue weighted by molar-refractivity contribution is 0.290. The van der Waals surface area contributed by atoms with Crippen LogP contribution in [0.4, 0.5) is 0 Å². The van der Waals surface area contributed by atoms with Gasteiger partial charge in [0, 0.05) is 0 Å². The number of nitrogens with two attached hydrogens (primary N) is 1. The number of para-hydroxylation sites is 1. The maximum Gasteiger partial charge on any atom is 0.119 e. The van der Waals surface area contributed by atoms with Crippen LogP contribution >= 0.6 is 0 Å². The van der Waals surface area contributed by atoms with Crippen molar-refractivity contribution < 1.29 is 4.74 Å². The first kappa shape index (κ1) is 11.7. The Morgan fingerprint density at radius 2 is 1.65 bits per heavy atom. The van der Waals surface area contributed by atoms with E-state index in [9.17, 15) is 0 Å². The van der Waals surface area contributed by atoms with Gasteiger partial charge in [-0.2, -0.15) is 0 Å². The summed E-state index contributed by atoms with van der Waals surface area (Å²) in [6.45, 7) is 2.56. The Bertz CT molecular complexity index is 450. The highest BCUT2D eigenvalue weighted by molar-refractivity contribution is 5.25. The molecular formula is C15H17NO. The van der Waals surface area contributed by atoms with Crippen LogP contribution in [0.3, 0.4) is 0 Å². The number of benzene rings is 2. The van der Waals surface area contributed by atoms with Gasteiger partial charge in [0.1, 0.15) is 12.4 Å². The van der Waals surface area contributed by atoms with E-state index in [1.165, 1.54) is 5.56 Å². The van der Waals surface area contributed by atoms with Crippen LogP contribution < -0.4 is 10.5 Å². The highest BCUT2D eigenvalue weighted by atomic mass is 16.5. The molecule has 0 spiro atoms. The summed E-state index contributed by atoms with van der Waals surface area (Å²) in [5, 5.41) is 0. The normalized spacial score (nSPS) is 12.1. The van der Waals surface area contributed by atoms with Crippen LogP contribution in [0.1, 0.15) is 17.2 Å². The molecule has 88 valence electrons. The lowest BCUT2D eigenvalue weighted by Gasteiger charge is -2.13. The lowest BCUT2D eigenvalue weighted by atomic mass is 10.1. The van der Waals surface area contributed by atoms with Gasteiger partial charge in [-0.15, -0.1) is 0 Å². The Morgan fingerprint density at radius 1 is 1.00 bits per heavy atom. The molecule has 2 aromatic carbocycles. The first-order valence-corrected chi connectivity index (χ1v) is 5.76. The fraction of sp³-hybridized carbons (Fsp3) is 0.200. The zero-order chi connectivity index (χ0) is 12.1. The van der Waals surface area contributed by atoms with Gasteiger partial charge in [-0.05, 0) is 24.6 Å². The average Bonchev–Trinajstić information content (AvgIpc) is 2.38. The minimum absolute atomic E-state index is 0.0872. The number of rotatable bonds is 4. The Morgan fingerprint density at radius 3 is 2.29 bits per heavy atom. The molecule has 0 amide bonds. The maximum absolute atomic E-state index is 6.07. The third-order valence-electron chi connectivity index (χ3n) is 2.68. The van der Waals surface area contributed by atoms with Crippen LogP contribution in [0, 0.1) is 6.92 Å². The Hall–Kier alpha value is -1.80. The van der Waals surface area contributed by atoms with Crippen molar-refractivity contribution >= 4 is 0 Å². The summed E-state index contributed by atoms with van der Waals surface area (Å²) < 4.78 is 5.63. The molecule has 0 bridgehead atoms. The molecular weight excluding hydrogens is 210 g/mol. The largest absolute Gasteiger partial charge is 0.492 e. The first-order valence-electron chi connectivity index (χ1n) is 5.76. The van der Waals surface area contributed by atoms with Crippen LogP contribution in [0.5, 0.6) is 5.75 Å². The SMILES string of the molecule is Cc1ccc([C@H](N)COc2ccccc2)cc1. The van der Waals surface area contributed by atoms with Crippen molar-refractivity contribution in [1.82, 2.24) is 0 Å². The average molecular weight is 227 g/mol. The number of hydrogen-bond donors (Lipinski definition) is 1. The second-order valence-electron chi connectivity index (χ2n) is 4.14. The molecule has 0 fully saturated rings. The van der Waals surface area contributed by atoms with Gasteiger partial charge in [-0.3, -0.25) is 0 Å². The van der Waals surface area contributed by atoms with Crippen LogP contribution in [-0.2, 0) is 0 Å². The molecule has 0 aromatic heterocycles. The van der Waals surface area contributed by atoms with Crippen LogP contribution in [0.15, 0.2) is 54.6 Å². The van der Waals surface area contributed by atoms with Gasteiger partial charge >= 0.3 is 0 Å². The molecule has 0 aliphatic heterocycles. The van der Waals surface area contributed by atoms with Crippen molar-refractivity contribution in [2.45, 2.75) is 13.0 Å². The van der Waals surface area contributed by atoms with Crippen molar-refractivity contribution in [2.75, 3.05) is 6.61 Å². The molecule has 2 N–H and O–H groups in total. The first-order chi connectivity index (χ1) is 8.25. The van der Waals surface area contributed by atoms with Gasteiger partial charge < -0.3 is 10.5 Å². The van der Waals surface area contributed by atoms with E-state index in [2.05, 4.69) is 19.1 Å². The van der Waals surface area contributed by atoms with Crippen molar-refractivity contribution in [2.24, 2.45) is 5.73 Å². The van der Waals surface area contributed by atoms with Gasteiger partial charge in [0.15, 0.2) is 0 Å². The Labute approximate surface area is 102 Å². The van der Waals surface area contributed by atoms with Crippen molar-refractivity contribution in [3.05, 3.63) is 65.7 Å². The summed E-state index contributed by atoms with van der Waals surface area (Å²) in [6.07, 6.45) is 0. The van der Waals surface area contributed by atoms with Crippen molar-refractivity contribution in [3.63, 3.8) is 0 Å². The molecule has 2 rings (SSSR count). The molecule has 0 radical (unpaired) electrons. The molecule has 1 atom stereocenters. The second-order valence-corrected chi connectivity index (χ2v) is 4.14. The molecule has 2 aromatic rings. The monoisotopic (exact) mass is 227 g/mol. The zero-order valence-corrected chi connectivity index (χ0v) is 9.97. The van der Waals surface area contributed by atoms with E-state index in [4.69, 9.17) is 10.5 Å². The van der Waals surface area contributed by atoms with E-state index in [0.717, 1.165) is 11.3 Å². The summed E-state index contributed by atoms with van der Waals surface area (Å²) in [4.78, 5) is 0. The minimum Gasteiger partial charge on any atom is -0.492 e. The van der Waals surface area contributed by atoms with Crippen molar-refractivity contribution in [3.8, 4) is 5.75 Å². The smallest absolute Gasteiger partial charge is 0.119 e. The predicted molar refractivity (Wildman–Crippen MR) is 70.0 cm³/mol. The summed E-state index contributed by atoms with van der Waals surface area (Å²) in [6, 6.07) is 17.9. The number of hydrogen-bond acceptors (Lipinski definition) is 2. The molecule has 0 saturated heterocycles. The fourth-order valence-electron chi connectivity index (χ4n) is 1.61. The number of ether oxygens (including phenoxy) is 1. The van der Waals surface area contributed by atoms with E-state index in [-0.39, 0.29) is 6.04 Å². The molecule has 0 saturated carbocycles. The summed E-state index contributed by atoms with van der Waals surface area (Å²) >= 11 is 0. The van der Waals surface area contributed by atoms with E-state index < -0.39 is 0 Å². The third-order valence-corrected chi connectivity index (χ3v) is 2.68. The van der Waals surface area contributed by atoms with Crippen LogP contribution in [0.2, 0.25) is 0 Å². The Kier molecular flexibility index (Phi) is 3.78. The van der Waals surface area contributed by atoms with Gasteiger partial charge in [0.25, 0.3) is 0 Å². The Balaban J connectivity index is 1.93. The van der Waals surface area contributed by atoms with Gasteiger partial charge in [-0.1, -0.05) is 48.0 Å². The van der Waals surface area contributed by atoms with Gasteiger partial charge in [-0.25, -0.2) is 0 Å². The fourth-order valence-corrected chi connectivity index (χ4v) is 1.61. The van der Waals surface area contributed by atoms with Crippen LogP contribution in [-0.4, -0.2) is 6.61 Å². The minimum atomic E-state index is -0.0872. The molecule has 17 heavy (non-hydrogen) atoms.